The summed E-state index contributed by atoms with van der Waals surface area (Å²) in [6.07, 6.45) is 3.58. The van der Waals surface area contributed by atoms with E-state index in [1.54, 1.807) is 0 Å². The Morgan fingerprint density at radius 3 is 2.78 bits per heavy atom. The van der Waals surface area contributed by atoms with Crippen molar-refractivity contribution in [2.24, 2.45) is 11.8 Å². The van der Waals surface area contributed by atoms with Gasteiger partial charge in [-0.15, -0.1) is 0 Å². The summed E-state index contributed by atoms with van der Waals surface area (Å²) < 4.78 is 14.1. The first kappa shape index (κ1) is 14.0. The van der Waals surface area contributed by atoms with Crippen LogP contribution in [0.5, 0.6) is 0 Å². The number of benzene rings is 1. The highest BCUT2D eigenvalue weighted by Gasteiger charge is 2.39. The van der Waals surface area contributed by atoms with Crippen molar-refractivity contribution in [2.75, 3.05) is 0 Å². The summed E-state index contributed by atoms with van der Waals surface area (Å²) in [5.41, 5.74) is 0.176. The van der Waals surface area contributed by atoms with E-state index in [0.717, 1.165) is 22.9 Å². The lowest BCUT2D eigenvalue weighted by Gasteiger charge is -2.42. The first-order chi connectivity index (χ1) is 8.40. The smallest absolute Gasteiger partial charge is 0.124 e. The molecular weight excluding hydrogens is 295 g/mol. The summed E-state index contributed by atoms with van der Waals surface area (Å²) in [5, 5.41) is 10.8. The van der Waals surface area contributed by atoms with Gasteiger partial charge in [0.2, 0.25) is 0 Å². The molecule has 0 saturated heterocycles. The van der Waals surface area contributed by atoms with E-state index in [9.17, 15) is 9.50 Å². The van der Waals surface area contributed by atoms with E-state index < -0.39 is 5.60 Å². The van der Waals surface area contributed by atoms with Crippen molar-refractivity contribution in [3.8, 4) is 0 Å². The minimum absolute atomic E-state index is 0.250. The standard InChI is InChI=1S/C15H20BrFO/c1-10-4-3-5-15(18,11(10)2)9-12-6-13(16)8-14(17)7-12/h6-8,10-11,18H,3-5,9H2,1-2H3. The van der Waals surface area contributed by atoms with Crippen LogP contribution in [0.4, 0.5) is 4.39 Å². The molecule has 3 atom stereocenters. The van der Waals surface area contributed by atoms with Crippen LogP contribution < -0.4 is 0 Å². The predicted molar refractivity (Wildman–Crippen MR) is 74.9 cm³/mol. The molecule has 18 heavy (non-hydrogen) atoms. The lowest BCUT2D eigenvalue weighted by atomic mass is 9.68. The van der Waals surface area contributed by atoms with Gasteiger partial charge in [0, 0.05) is 10.9 Å². The average molecular weight is 315 g/mol. The Morgan fingerprint density at radius 1 is 1.39 bits per heavy atom. The molecule has 2 rings (SSSR count). The second-order valence-corrected chi connectivity index (χ2v) is 6.63. The molecule has 1 aliphatic rings. The number of hydrogen-bond acceptors (Lipinski definition) is 1. The van der Waals surface area contributed by atoms with Gasteiger partial charge in [-0.05, 0) is 42.0 Å². The summed E-state index contributed by atoms with van der Waals surface area (Å²) in [5.74, 6) is 0.536. The molecule has 3 unspecified atom stereocenters. The topological polar surface area (TPSA) is 20.2 Å². The lowest BCUT2D eigenvalue weighted by Crippen LogP contribution is -2.44. The van der Waals surface area contributed by atoms with Gasteiger partial charge in [0.1, 0.15) is 5.82 Å². The summed E-state index contributed by atoms with van der Waals surface area (Å²) in [6, 6.07) is 4.86. The number of aliphatic hydroxyl groups is 1. The van der Waals surface area contributed by atoms with Crippen molar-refractivity contribution in [3.05, 3.63) is 34.1 Å². The van der Waals surface area contributed by atoms with Crippen LogP contribution in [0, 0.1) is 17.7 Å². The maximum absolute atomic E-state index is 13.4. The molecule has 3 heteroatoms. The third kappa shape index (κ3) is 2.94. The molecule has 1 fully saturated rings. The summed E-state index contributed by atoms with van der Waals surface area (Å²) >= 11 is 3.30. The first-order valence-corrected chi connectivity index (χ1v) is 7.37. The van der Waals surface area contributed by atoms with E-state index >= 15 is 0 Å². The van der Waals surface area contributed by atoms with Gasteiger partial charge in [-0.2, -0.15) is 0 Å². The SMILES string of the molecule is CC1CCCC(O)(Cc2cc(F)cc(Br)c2)C1C. The van der Waals surface area contributed by atoms with Gasteiger partial charge in [0.15, 0.2) is 0 Å². The zero-order valence-corrected chi connectivity index (χ0v) is 12.5. The maximum atomic E-state index is 13.4. The van der Waals surface area contributed by atoms with E-state index in [4.69, 9.17) is 0 Å². The molecule has 1 aliphatic carbocycles. The van der Waals surface area contributed by atoms with Crippen LogP contribution in [0.3, 0.4) is 0 Å². The molecule has 1 aromatic carbocycles. The fourth-order valence-electron chi connectivity index (χ4n) is 3.05. The normalized spacial score (nSPS) is 32.5. The molecule has 0 radical (unpaired) electrons. The second kappa shape index (κ2) is 5.30. The van der Waals surface area contributed by atoms with Gasteiger partial charge in [-0.25, -0.2) is 4.39 Å². The highest BCUT2D eigenvalue weighted by atomic mass is 79.9. The molecule has 0 spiro atoms. The van der Waals surface area contributed by atoms with Crippen molar-refractivity contribution in [3.63, 3.8) is 0 Å². The maximum Gasteiger partial charge on any atom is 0.124 e. The Labute approximate surface area is 117 Å². The zero-order valence-electron chi connectivity index (χ0n) is 10.9. The quantitative estimate of drug-likeness (QED) is 0.862. The van der Waals surface area contributed by atoms with Crippen LogP contribution in [0.15, 0.2) is 22.7 Å². The summed E-state index contributed by atoms with van der Waals surface area (Å²) in [4.78, 5) is 0. The van der Waals surface area contributed by atoms with Crippen molar-refractivity contribution in [1.82, 2.24) is 0 Å². The molecule has 1 saturated carbocycles. The van der Waals surface area contributed by atoms with Crippen LogP contribution in [0.2, 0.25) is 0 Å². The summed E-state index contributed by atoms with van der Waals surface area (Å²) in [6.45, 7) is 4.30. The van der Waals surface area contributed by atoms with Crippen LogP contribution in [0.25, 0.3) is 0 Å². The van der Waals surface area contributed by atoms with E-state index in [1.807, 2.05) is 6.07 Å². The monoisotopic (exact) mass is 314 g/mol. The molecule has 1 N–H and O–H groups in total. The van der Waals surface area contributed by atoms with Gasteiger partial charge in [0.05, 0.1) is 5.60 Å². The highest BCUT2D eigenvalue weighted by Crippen LogP contribution is 2.39. The highest BCUT2D eigenvalue weighted by molar-refractivity contribution is 9.10. The van der Waals surface area contributed by atoms with Gasteiger partial charge < -0.3 is 5.11 Å². The van der Waals surface area contributed by atoms with Gasteiger partial charge >= 0.3 is 0 Å². The molecule has 0 aliphatic heterocycles. The van der Waals surface area contributed by atoms with Crippen LogP contribution in [-0.4, -0.2) is 10.7 Å². The number of rotatable bonds is 2. The second-order valence-electron chi connectivity index (χ2n) is 5.72. The summed E-state index contributed by atoms with van der Waals surface area (Å²) in [7, 11) is 0. The Balaban J connectivity index is 2.21. The van der Waals surface area contributed by atoms with Crippen LogP contribution >= 0.6 is 15.9 Å². The molecular formula is C15H20BrFO. The van der Waals surface area contributed by atoms with Crippen LogP contribution in [0.1, 0.15) is 38.7 Å². The van der Waals surface area contributed by atoms with Crippen molar-refractivity contribution >= 4 is 15.9 Å². The fraction of sp³-hybridized carbons (Fsp3) is 0.600. The van der Waals surface area contributed by atoms with E-state index in [-0.39, 0.29) is 11.7 Å². The predicted octanol–water partition coefficient (Wildman–Crippen LogP) is 4.32. The lowest BCUT2D eigenvalue weighted by molar-refractivity contribution is -0.0621. The molecule has 1 nitrogen and oxygen atoms in total. The van der Waals surface area contributed by atoms with Crippen molar-refractivity contribution < 1.29 is 9.50 Å². The third-order valence-electron chi connectivity index (χ3n) is 4.40. The van der Waals surface area contributed by atoms with Gasteiger partial charge in [-0.3, -0.25) is 0 Å². The third-order valence-corrected chi connectivity index (χ3v) is 4.86. The van der Waals surface area contributed by atoms with E-state index in [2.05, 4.69) is 29.8 Å². The molecule has 0 heterocycles. The first-order valence-electron chi connectivity index (χ1n) is 6.58. The van der Waals surface area contributed by atoms with Crippen LogP contribution in [-0.2, 0) is 6.42 Å². The molecule has 0 amide bonds. The number of halogens is 2. The van der Waals surface area contributed by atoms with Gasteiger partial charge in [-0.1, -0.05) is 42.6 Å². The Bertz CT molecular complexity index is 414. The average Bonchev–Trinajstić information content (AvgIpc) is 2.24. The van der Waals surface area contributed by atoms with Gasteiger partial charge in [0.25, 0.3) is 0 Å². The van der Waals surface area contributed by atoms with Crippen molar-refractivity contribution in [1.29, 1.82) is 0 Å². The molecule has 100 valence electrons. The Hall–Kier alpha value is -0.410. The largest absolute Gasteiger partial charge is 0.389 e. The molecule has 0 bridgehead atoms. The zero-order chi connectivity index (χ0) is 13.3. The Morgan fingerprint density at radius 2 is 2.11 bits per heavy atom. The number of hydrogen-bond donors (Lipinski definition) is 1. The van der Waals surface area contributed by atoms with E-state index in [1.165, 1.54) is 18.6 Å². The van der Waals surface area contributed by atoms with E-state index in [0.29, 0.717) is 12.3 Å². The van der Waals surface area contributed by atoms with Crippen molar-refractivity contribution in [2.45, 2.75) is 45.1 Å². The molecule has 0 aromatic heterocycles. The Kier molecular flexibility index (Phi) is 4.12. The minimum Gasteiger partial charge on any atom is -0.389 e. The molecule has 1 aromatic rings. The fourth-order valence-corrected chi connectivity index (χ4v) is 3.57. The minimum atomic E-state index is -0.690.